The third-order valence-electron chi connectivity index (χ3n) is 1.17. The van der Waals surface area contributed by atoms with Crippen LogP contribution in [0.4, 0.5) is 0 Å². The van der Waals surface area contributed by atoms with E-state index in [1.54, 1.807) is 0 Å². The van der Waals surface area contributed by atoms with Gasteiger partial charge in [0.25, 0.3) is 5.22 Å². The molecule has 0 aliphatic heterocycles. The minimum Gasteiger partial charge on any atom is -0.440 e. The molecule has 1 aromatic rings. The first-order valence-corrected chi connectivity index (χ1v) is 4.71. The van der Waals surface area contributed by atoms with Crippen LogP contribution in [0.5, 0.6) is 0 Å². The average Bonchev–Trinajstić information content (AvgIpc) is 2.64. The molecular formula is C7H10N2O3S. The van der Waals surface area contributed by atoms with Crippen molar-refractivity contribution >= 4 is 17.7 Å². The van der Waals surface area contributed by atoms with Crippen molar-refractivity contribution in [2.45, 2.75) is 5.22 Å². The minimum absolute atomic E-state index is 0.0462. The van der Waals surface area contributed by atoms with Crippen molar-refractivity contribution < 1.29 is 14.3 Å². The molecule has 0 saturated carbocycles. The first-order valence-electron chi connectivity index (χ1n) is 3.73. The summed E-state index contributed by atoms with van der Waals surface area (Å²) < 4.78 is 4.91. The Morgan fingerprint density at radius 2 is 2.62 bits per heavy atom. The SMILES string of the molecule is O=C(CSc1ncco1)NCCO. The Bertz CT molecular complexity index is 250. The fraction of sp³-hybridized carbons (Fsp3) is 0.429. The second kappa shape index (κ2) is 5.60. The number of oxazole rings is 1. The highest BCUT2D eigenvalue weighted by atomic mass is 32.2. The van der Waals surface area contributed by atoms with Gasteiger partial charge in [0.05, 0.1) is 18.6 Å². The molecule has 0 bridgehead atoms. The summed E-state index contributed by atoms with van der Waals surface area (Å²) in [6.45, 7) is 0.236. The number of nitrogens with one attached hydrogen (secondary N) is 1. The molecule has 6 heteroatoms. The summed E-state index contributed by atoms with van der Waals surface area (Å²) >= 11 is 1.21. The number of aliphatic hydroxyl groups excluding tert-OH is 1. The highest BCUT2D eigenvalue weighted by molar-refractivity contribution is 7.99. The molecule has 0 aromatic carbocycles. The van der Waals surface area contributed by atoms with Gasteiger partial charge >= 0.3 is 0 Å². The number of carbonyl (C=O) groups excluding carboxylic acids is 1. The van der Waals surface area contributed by atoms with Crippen LogP contribution in [0.25, 0.3) is 0 Å². The maximum Gasteiger partial charge on any atom is 0.256 e. The maximum absolute atomic E-state index is 11.0. The number of hydrogen-bond donors (Lipinski definition) is 2. The quantitative estimate of drug-likeness (QED) is 0.651. The van der Waals surface area contributed by atoms with Crippen molar-refractivity contribution in [2.24, 2.45) is 0 Å². The summed E-state index contributed by atoms with van der Waals surface area (Å²) in [5.41, 5.74) is 0. The number of carbonyl (C=O) groups is 1. The number of rotatable bonds is 5. The van der Waals surface area contributed by atoms with Crippen molar-refractivity contribution in [2.75, 3.05) is 18.9 Å². The van der Waals surface area contributed by atoms with E-state index >= 15 is 0 Å². The van der Waals surface area contributed by atoms with Gasteiger partial charge < -0.3 is 14.8 Å². The number of hydrogen-bond acceptors (Lipinski definition) is 5. The molecule has 2 N–H and O–H groups in total. The smallest absolute Gasteiger partial charge is 0.256 e. The number of aromatic nitrogens is 1. The highest BCUT2D eigenvalue weighted by Gasteiger charge is 2.03. The van der Waals surface area contributed by atoms with Gasteiger partial charge in [-0.15, -0.1) is 0 Å². The Kier molecular flexibility index (Phi) is 4.34. The Balaban J connectivity index is 2.15. The lowest BCUT2D eigenvalue weighted by atomic mass is 10.6. The van der Waals surface area contributed by atoms with Crippen LogP contribution in [-0.2, 0) is 4.79 Å². The lowest BCUT2D eigenvalue weighted by Crippen LogP contribution is -2.27. The molecule has 5 nitrogen and oxygen atoms in total. The van der Waals surface area contributed by atoms with Crippen LogP contribution in [0.15, 0.2) is 22.1 Å². The topological polar surface area (TPSA) is 75.4 Å². The van der Waals surface area contributed by atoms with E-state index in [4.69, 9.17) is 9.52 Å². The first-order chi connectivity index (χ1) is 6.33. The van der Waals surface area contributed by atoms with Crippen LogP contribution >= 0.6 is 11.8 Å². The molecular weight excluding hydrogens is 192 g/mol. The van der Waals surface area contributed by atoms with Crippen LogP contribution in [0, 0.1) is 0 Å². The molecule has 0 atom stereocenters. The summed E-state index contributed by atoms with van der Waals surface area (Å²) in [4.78, 5) is 14.8. The molecule has 1 rings (SSSR count). The van der Waals surface area contributed by atoms with Crippen molar-refractivity contribution in [1.82, 2.24) is 10.3 Å². The fourth-order valence-corrected chi connectivity index (χ4v) is 1.27. The van der Waals surface area contributed by atoms with Crippen LogP contribution in [0.3, 0.4) is 0 Å². The van der Waals surface area contributed by atoms with E-state index in [1.807, 2.05) is 0 Å². The van der Waals surface area contributed by atoms with E-state index in [0.29, 0.717) is 5.22 Å². The van der Waals surface area contributed by atoms with Crippen LogP contribution in [-0.4, -0.2) is 34.9 Å². The summed E-state index contributed by atoms with van der Waals surface area (Å²) in [5.74, 6) is 0.109. The van der Waals surface area contributed by atoms with Gasteiger partial charge in [-0.2, -0.15) is 0 Å². The zero-order valence-electron chi connectivity index (χ0n) is 6.90. The van der Waals surface area contributed by atoms with E-state index in [1.165, 1.54) is 24.2 Å². The molecule has 0 unspecified atom stereocenters. The Labute approximate surface area is 79.5 Å². The molecule has 0 aliphatic carbocycles. The Morgan fingerprint density at radius 3 is 3.23 bits per heavy atom. The van der Waals surface area contributed by atoms with E-state index in [-0.39, 0.29) is 24.8 Å². The van der Waals surface area contributed by atoms with Gasteiger partial charge in [0, 0.05) is 6.54 Å². The molecule has 13 heavy (non-hydrogen) atoms. The van der Waals surface area contributed by atoms with Gasteiger partial charge in [0.15, 0.2) is 0 Å². The molecule has 1 amide bonds. The second-order valence-electron chi connectivity index (χ2n) is 2.16. The van der Waals surface area contributed by atoms with Gasteiger partial charge in [0.2, 0.25) is 5.91 Å². The zero-order valence-corrected chi connectivity index (χ0v) is 7.71. The van der Waals surface area contributed by atoms with Crippen molar-refractivity contribution in [3.8, 4) is 0 Å². The van der Waals surface area contributed by atoms with Crippen molar-refractivity contribution in [3.05, 3.63) is 12.5 Å². The monoisotopic (exact) mass is 202 g/mol. The average molecular weight is 202 g/mol. The van der Waals surface area contributed by atoms with E-state index in [0.717, 1.165) is 0 Å². The van der Waals surface area contributed by atoms with Crippen molar-refractivity contribution in [3.63, 3.8) is 0 Å². The van der Waals surface area contributed by atoms with Gasteiger partial charge in [-0.25, -0.2) is 4.98 Å². The third-order valence-corrected chi connectivity index (χ3v) is 2.03. The second-order valence-corrected chi connectivity index (χ2v) is 3.09. The Hall–Kier alpha value is -1.01. The Morgan fingerprint density at radius 1 is 1.77 bits per heavy atom. The van der Waals surface area contributed by atoms with Crippen LogP contribution in [0.2, 0.25) is 0 Å². The number of nitrogens with zero attached hydrogens (tertiary/aromatic N) is 1. The van der Waals surface area contributed by atoms with Gasteiger partial charge in [0.1, 0.15) is 6.26 Å². The normalized spacial score (nSPS) is 9.92. The van der Waals surface area contributed by atoms with Gasteiger partial charge in [-0.05, 0) is 0 Å². The van der Waals surface area contributed by atoms with Gasteiger partial charge in [-0.1, -0.05) is 11.8 Å². The largest absolute Gasteiger partial charge is 0.440 e. The summed E-state index contributed by atoms with van der Waals surface area (Å²) in [6, 6.07) is 0. The van der Waals surface area contributed by atoms with Crippen LogP contribution in [0.1, 0.15) is 0 Å². The molecule has 0 fully saturated rings. The third kappa shape index (κ3) is 3.95. The minimum atomic E-state index is -0.141. The zero-order chi connectivity index (χ0) is 9.52. The lowest BCUT2D eigenvalue weighted by molar-refractivity contribution is -0.118. The summed E-state index contributed by atoms with van der Waals surface area (Å²) in [6.07, 6.45) is 2.97. The maximum atomic E-state index is 11.0. The predicted molar refractivity (Wildman–Crippen MR) is 47.3 cm³/mol. The lowest BCUT2D eigenvalue weighted by Gasteiger charge is -1.99. The molecule has 1 aromatic heterocycles. The molecule has 1 heterocycles. The van der Waals surface area contributed by atoms with E-state index < -0.39 is 0 Å². The molecule has 0 spiro atoms. The van der Waals surface area contributed by atoms with Crippen LogP contribution < -0.4 is 5.32 Å². The first kappa shape index (κ1) is 10.1. The van der Waals surface area contributed by atoms with Gasteiger partial charge in [-0.3, -0.25) is 4.79 Å². The molecule has 0 saturated heterocycles. The highest BCUT2D eigenvalue weighted by Crippen LogP contribution is 2.13. The fourth-order valence-electron chi connectivity index (χ4n) is 0.655. The number of amides is 1. The van der Waals surface area contributed by atoms with E-state index in [9.17, 15) is 4.79 Å². The number of aliphatic hydroxyl groups is 1. The molecule has 0 aliphatic rings. The molecule has 72 valence electrons. The summed E-state index contributed by atoms with van der Waals surface area (Å²) in [5, 5.41) is 11.4. The van der Waals surface area contributed by atoms with Crippen molar-refractivity contribution in [1.29, 1.82) is 0 Å². The predicted octanol–water partition coefficient (Wildman–Crippen LogP) is -0.125. The summed E-state index contributed by atoms with van der Waals surface area (Å²) in [7, 11) is 0. The number of thioether (sulfide) groups is 1. The molecule has 0 radical (unpaired) electrons. The van der Waals surface area contributed by atoms with E-state index in [2.05, 4.69) is 10.3 Å². The standard InChI is InChI=1S/C7H10N2O3S/c10-3-1-8-6(11)5-13-7-9-2-4-12-7/h2,4,10H,1,3,5H2,(H,8,11).